The van der Waals surface area contributed by atoms with Crippen molar-refractivity contribution in [3.05, 3.63) is 71.8 Å². The predicted molar refractivity (Wildman–Crippen MR) is 90.6 cm³/mol. The van der Waals surface area contributed by atoms with Gasteiger partial charge < -0.3 is 5.32 Å². The number of rotatable bonds is 4. The number of carbonyl (C=O) groups excluding carboxylic acids is 1. The summed E-state index contributed by atoms with van der Waals surface area (Å²) in [6, 6.07) is 9.61. The molecule has 5 nitrogen and oxygen atoms in total. The highest BCUT2D eigenvalue weighted by Gasteiger charge is 2.11. The van der Waals surface area contributed by atoms with E-state index >= 15 is 0 Å². The first-order valence-corrected chi connectivity index (χ1v) is 7.33. The number of hydrogen-bond donors (Lipinski definition) is 2. The maximum Gasteiger partial charge on any atom is 0.249 e. The van der Waals surface area contributed by atoms with Crippen LogP contribution in [-0.2, 0) is 4.79 Å². The van der Waals surface area contributed by atoms with Crippen LogP contribution in [0.1, 0.15) is 11.1 Å². The van der Waals surface area contributed by atoms with Crippen LogP contribution in [0.25, 0.3) is 17.3 Å². The van der Waals surface area contributed by atoms with E-state index in [2.05, 4.69) is 20.5 Å². The van der Waals surface area contributed by atoms with Gasteiger partial charge in [0, 0.05) is 29.6 Å². The van der Waals surface area contributed by atoms with E-state index in [0.29, 0.717) is 5.82 Å². The van der Waals surface area contributed by atoms with Gasteiger partial charge in [-0.05, 0) is 42.8 Å². The second-order valence-corrected chi connectivity index (χ2v) is 5.18. The Morgan fingerprint density at radius 2 is 1.88 bits per heavy atom. The molecule has 0 aliphatic carbocycles. The molecule has 0 saturated heterocycles. The molecule has 1 aromatic carbocycles. The van der Waals surface area contributed by atoms with Crippen molar-refractivity contribution in [2.45, 2.75) is 6.92 Å². The van der Waals surface area contributed by atoms with Gasteiger partial charge >= 0.3 is 0 Å². The van der Waals surface area contributed by atoms with Crippen LogP contribution in [0.15, 0.2) is 54.9 Å². The minimum atomic E-state index is -0.313. The van der Waals surface area contributed by atoms with E-state index in [-0.39, 0.29) is 11.7 Å². The van der Waals surface area contributed by atoms with E-state index in [1.165, 1.54) is 18.2 Å². The molecule has 0 atom stereocenters. The van der Waals surface area contributed by atoms with Crippen molar-refractivity contribution in [1.82, 2.24) is 15.2 Å². The third kappa shape index (κ3) is 3.55. The molecule has 0 unspecified atom stereocenters. The predicted octanol–water partition coefficient (Wildman–Crippen LogP) is 3.57. The number of halogens is 1. The third-order valence-corrected chi connectivity index (χ3v) is 3.52. The number of anilines is 1. The van der Waals surface area contributed by atoms with E-state index in [0.717, 1.165) is 22.4 Å². The number of pyridine rings is 1. The highest BCUT2D eigenvalue weighted by atomic mass is 19.1. The number of H-pyrrole nitrogens is 1. The standard InChI is InChI=1S/C18H15FN4O/c1-12-17(14-8-10-20-11-9-14)22-23-18(12)21-16(24)7-4-13-2-5-15(19)6-3-13/h2-11H,1H3,(H2,21,22,23,24)/b7-4-. The molecule has 2 aromatic heterocycles. The minimum absolute atomic E-state index is 0.310. The average molecular weight is 322 g/mol. The number of nitrogens with zero attached hydrogens (tertiary/aromatic N) is 2. The third-order valence-electron chi connectivity index (χ3n) is 3.52. The summed E-state index contributed by atoms with van der Waals surface area (Å²) in [7, 11) is 0. The van der Waals surface area contributed by atoms with Crippen molar-refractivity contribution in [1.29, 1.82) is 0 Å². The van der Waals surface area contributed by atoms with Crippen LogP contribution >= 0.6 is 0 Å². The molecule has 2 heterocycles. The fourth-order valence-electron chi connectivity index (χ4n) is 2.22. The summed E-state index contributed by atoms with van der Waals surface area (Å²) in [5.41, 5.74) is 3.35. The molecule has 0 bridgehead atoms. The van der Waals surface area contributed by atoms with Gasteiger partial charge in [0.25, 0.3) is 0 Å². The van der Waals surface area contributed by atoms with Gasteiger partial charge in [0.15, 0.2) is 5.82 Å². The number of hydrogen-bond acceptors (Lipinski definition) is 3. The lowest BCUT2D eigenvalue weighted by atomic mass is 10.1. The molecule has 3 rings (SSSR count). The molecular formula is C18H15FN4O. The quantitative estimate of drug-likeness (QED) is 0.721. The normalized spacial score (nSPS) is 10.9. The van der Waals surface area contributed by atoms with Gasteiger partial charge in [0.2, 0.25) is 5.91 Å². The molecule has 120 valence electrons. The van der Waals surface area contributed by atoms with Crippen LogP contribution in [0.4, 0.5) is 10.2 Å². The molecule has 0 aliphatic heterocycles. The van der Waals surface area contributed by atoms with Crippen molar-refractivity contribution in [2.24, 2.45) is 0 Å². The minimum Gasteiger partial charge on any atom is -0.305 e. The summed E-state index contributed by atoms with van der Waals surface area (Å²) in [4.78, 5) is 16.0. The number of aromatic amines is 1. The van der Waals surface area contributed by atoms with Gasteiger partial charge in [0.05, 0.1) is 5.69 Å². The maximum atomic E-state index is 12.8. The summed E-state index contributed by atoms with van der Waals surface area (Å²) in [6.45, 7) is 1.87. The fraction of sp³-hybridized carbons (Fsp3) is 0.0556. The Kier molecular flexibility index (Phi) is 4.47. The molecule has 0 fully saturated rings. The maximum absolute atomic E-state index is 12.8. The van der Waals surface area contributed by atoms with E-state index in [4.69, 9.17) is 0 Å². The Morgan fingerprint density at radius 3 is 2.58 bits per heavy atom. The molecule has 0 spiro atoms. The largest absolute Gasteiger partial charge is 0.305 e. The summed E-state index contributed by atoms with van der Waals surface area (Å²) in [5.74, 6) is -0.154. The van der Waals surface area contributed by atoms with Crippen molar-refractivity contribution < 1.29 is 9.18 Å². The molecule has 3 aromatic rings. The van der Waals surface area contributed by atoms with Gasteiger partial charge in [-0.15, -0.1) is 0 Å². The lowest BCUT2D eigenvalue weighted by Gasteiger charge is -2.01. The molecule has 0 saturated carbocycles. The number of benzene rings is 1. The van der Waals surface area contributed by atoms with Crippen LogP contribution < -0.4 is 5.32 Å². The zero-order valence-electron chi connectivity index (χ0n) is 13.0. The van der Waals surface area contributed by atoms with Crippen molar-refractivity contribution in [2.75, 3.05) is 5.32 Å². The lowest BCUT2D eigenvalue weighted by molar-refractivity contribution is -0.111. The van der Waals surface area contributed by atoms with E-state index in [1.807, 2.05) is 19.1 Å². The molecule has 6 heteroatoms. The van der Waals surface area contributed by atoms with Gasteiger partial charge in [-0.1, -0.05) is 12.1 Å². The van der Waals surface area contributed by atoms with Gasteiger partial charge in [-0.25, -0.2) is 4.39 Å². The Balaban J connectivity index is 1.71. The number of aromatic nitrogens is 3. The first kappa shape index (κ1) is 15.6. The van der Waals surface area contributed by atoms with Crippen molar-refractivity contribution >= 4 is 17.8 Å². The molecular weight excluding hydrogens is 307 g/mol. The molecule has 0 aliphatic rings. The zero-order chi connectivity index (χ0) is 16.9. The van der Waals surface area contributed by atoms with Gasteiger partial charge in [0.1, 0.15) is 5.82 Å². The average Bonchev–Trinajstić information content (AvgIpc) is 2.96. The first-order chi connectivity index (χ1) is 11.6. The second kappa shape index (κ2) is 6.87. The number of carbonyl (C=O) groups is 1. The van der Waals surface area contributed by atoms with E-state index in [9.17, 15) is 9.18 Å². The monoisotopic (exact) mass is 322 g/mol. The molecule has 1 amide bonds. The fourth-order valence-corrected chi connectivity index (χ4v) is 2.22. The second-order valence-electron chi connectivity index (χ2n) is 5.18. The van der Waals surface area contributed by atoms with Crippen LogP contribution in [0.5, 0.6) is 0 Å². The lowest BCUT2D eigenvalue weighted by Crippen LogP contribution is -2.09. The van der Waals surface area contributed by atoms with Gasteiger partial charge in [-0.2, -0.15) is 5.10 Å². The number of amides is 1. The molecule has 0 radical (unpaired) electrons. The molecule has 2 N–H and O–H groups in total. The summed E-state index contributed by atoms with van der Waals surface area (Å²) < 4.78 is 12.8. The van der Waals surface area contributed by atoms with Crippen molar-refractivity contribution in [3.63, 3.8) is 0 Å². The Labute approximate surface area is 138 Å². The summed E-state index contributed by atoms with van der Waals surface area (Å²) in [6.07, 6.45) is 6.38. The summed E-state index contributed by atoms with van der Waals surface area (Å²) >= 11 is 0. The van der Waals surface area contributed by atoms with Crippen LogP contribution in [0, 0.1) is 12.7 Å². The summed E-state index contributed by atoms with van der Waals surface area (Å²) in [5, 5.41) is 9.78. The van der Waals surface area contributed by atoms with Gasteiger partial charge in [-0.3, -0.25) is 14.9 Å². The first-order valence-electron chi connectivity index (χ1n) is 7.33. The highest BCUT2D eigenvalue weighted by Crippen LogP contribution is 2.25. The van der Waals surface area contributed by atoms with E-state index in [1.54, 1.807) is 30.6 Å². The van der Waals surface area contributed by atoms with Crippen LogP contribution in [0.2, 0.25) is 0 Å². The molecule has 24 heavy (non-hydrogen) atoms. The zero-order valence-corrected chi connectivity index (χ0v) is 13.0. The Bertz CT molecular complexity index is 870. The topological polar surface area (TPSA) is 70.7 Å². The SMILES string of the molecule is Cc1c(NC(=O)/C=C\c2ccc(F)cc2)n[nH]c1-c1ccncc1. The highest BCUT2D eigenvalue weighted by molar-refractivity contribution is 6.02. The number of nitrogens with one attached hydrogen (secondary N) is 2. The van der Waals surface area contributed by atoms with Crippen LogP contribution in [0.3, 0.4) is 0 Å². The Morgan fingerprint density at radius 1 is 1.17 bits per heavy atom. The van der Waals surface area contributed by atoms with E-state index < -0.39 is 0 Å². The van der Waals surface area contributed by atoms with Crippen LogP contribution in [-0.4, -0.2) is 21.1 Å². The van der Waals surface area contributed by atoms with Crippen molar-refractivity contribution in [3.8, 4) is 11.3 Å². The Hall–Kier alpha value is -3.28. The smallest absolute Gasteiger partial charge is 0.249 e.